The molecule has 5 heteroatoms. The highest BCUT2D eigenvalue weighted by molar-refractivity contribution is 5.93. The van der Waals surface area contributed by atoms with E-state index >= 15 is 0 Å². The van der Waals surface area contributed by atoms with Gasteiger partial charge in [0.15, 0.2) is 0 Å². The van der Waals surface area contributed by atoms with E-state index in [2.05, 4.69) is 6.58 Å². The van der Waals surface area contributed by atoms with Gasteiger partial charge in [0.25, 0.3) is 0 Å². The van der Waals surface area contributed by atoms with Crippen molar-refractivity contribution >= 4 is 5.97 Å². The van der Waals surface area contributed by atoms with Gasteiger partial charge in [-0.1, -0.05) is 58.5 Å². The quantitative estimate of drug-likeness (QED) is 0.594. The van der Waals surface area contributed by atoms with Gasteiger partial charge < -0.3 is 14.7 Å². The van der Waals surface area contributed by atoms with E-state index in [0.717, 1.165) is 0 Å². The van der Waals surface area contributed by atoms with Crippen LogP contribution in [0, 0.1) is 5.82 Å². The topological polar surface area (TPSA) is 49.8 Å². The Hall–Kier alpha value is -2.66. The van der Waals surface area contributed by atoms with Gasteiger partial charge in [-0.2, -0.15) is 0 Å². The van der Waals surface area contributed by atoms with Crippen LogP contribution in [0.4, 0.5) is 4.39 Å². The number of carbonyl (C=O) groups is 1. The molecule has 0 saturated heterocycles. The lowest BCUT2D eigenvalue weighted by atomic mass is 9.96. The molecule has 1 heterocycles. The van der Waals surface area contributed by atoms with E-state index < -0.39 is 12.1 Å². The molecule has 1 N–H and O–H groups in total. The van der Waals surface area contributed by atoms with Gasteiger partial charge in [0.2, 0.25) is 0 Å². The van der Waals surface area contributed by atoms with Gasteiger partial charge in [0.05, 0.1) is 24.0 Å². The fourth-order valence-electron chi connectivity index (χ4n) is 2.84. The Morgan fingerprint density at radius 1 is 1.28 bits per heavy atom. The van der Waals surface area contributed by atoms with Crippen LogP contribution in [0.15, 0.2) is 71.7 Å². The highest BCUT2D eigenvalue weighted by atomic mass is 19.1. The van der Waals surface area contributed by atoms with E-state index in [4.69, 9.17) is 4.74 Å². The third kappa shape index (κ3) is 6.71. The van der Waals surface area contributed by atoms with Gasteiger partial charge in [0, 0.05) is 17.5 Å². The number of halogens is 1. The fourth-order valence-corrected chi connectivity index (χ4v) is 2.84. The first-order chi connectivity index (χ1) is 13.9. The molecule has 0 saturated carbocycles. The zero-order chi connectivity index (χ0) is 22.6. The molecular weight excluding hydrogens is 369 g/mol. The number of ether oxygens (including phenoxy) is 1. The Balaban J connectivity index is 0.00000184. The number of nitrogens with zero attached hydrogens (tertiary/aromatic N) is 1. The molecule has 4 nitrogen and oxygen atoms in total. The number of carboxylic acids is 1. The molecule has 1 aliphatic heterocycles. The highest BCUT2D eigenvalue weighted by Gasteiger charge is 2.28. The largest absolute Gasteiger partial charge is 0.478 e. The second-order valence-electron chi connectivity index (χ2n) is 5.68. The third-order valence-electron chi connectivity index (χ3n) is 4.16. The van der Waals surface area contributed by atoms with Crippen molar-refractivity contribution in [2.75, 3.05) is 0 Å². The lowest BCUT2D eigenvalue weighted by Crippen LogP contribution is -2.30. The maximum atomic E-state index is 13.8. The van der Waals surface area contributed by atoms with Crippen molar-refractivity contribution in [1.82, 2.24) is 4.90 Å². The summed E-state index contributed by atoms with van der Waals surface area (Å²) in [6, 6.07) is 6.41. The summed E-state index contributed by atoms with van der Waals surface area (Å²) in [6.45, 7) is 17.3. The van der Waals surface area contributed by atoms with E-state index in [-0.39, 0.29) is 18.0 Å². The number of benzene rings is 1. The van der Waals surface area contributed by atoms with Crippen LogP contribution in [0.3, 0.4) is 0 Å². The van der Waals surface area contributed by atoms with Crippen molar-refractivity contribution in [1.29, 1.82) is 0 Å². The molecule has 2 rings (SSSR count). The summed E-state index contributed by atoms with van der Waals surface area (Å²) in [5, 5.41) is 9.46. The van der Waals surface area contributed by atoms with Gasteiger partial charge in [0.1, 0.15) is 5.82 Å². The minimum absolute atomic E-state index is 0.0902. The van der Waals surface area contributed by atoms with E-state index in [9.17, 15) is 14.3 Å². The van der Waals surface area contributed by atoms with Crippen LogP contribution in [0.2, 0.25) is 0 Å². The SMILES string of the molecule is C=CN1C(C(C)OCc2ccccc2F)=C(C)C(C(=O)O)=C/C1=C/C.CC.CC. The number of hydrogen-bond acceptors (Lipinski definition) is 3. The lowest BCUT2D eigenvalue weighted by molar-refractivity contribution is -0.132. The number of carboxylic acid groups (broad SMARTS) is 1. The minimum atomic E-state index is -1.00. The molecule has 0 bridgehead atoms. The first kappa shape index (κ1) is 26.3. The van der Waals surface area contributed by atoms with E-state index in [1.807, 2.05) is 41.5 Å². The molecule has 0 amide bonds. The van der Waals surface area contributed by atoms with E-state index in [1.165, 1.54) is 6.07 Å². The number of hydrogen-bond donors (Lipinski definition) is 1. The summed E-state index contributed by atoms with van der Waals surface area (Å²) in [5.41, 5.74) is 2.64. The van der Waals surface area contributed by atoms with Crippen molar-refractivity contribution < 1.29 is 19.0 Å². The predicted octanol–water partition coefficient (Wildman–Crippen LogP) is 6.43. The van der Waals surface area contributed by atoms with Crippen molar-refractivity contribution in [3.05, 3.63) is 83.1 Å². The summed E-state index contributed by atoms with van der Waals surface area (Å²) >= 11 is 0. The monoisotopic (exact) mass is 403 g/mol. The molecule has 160 valence electrons. The average molecular weight is 404 g/mol. The predicted molar refractivity (Wildman–Crippen MR) is 118 cm³/mol. The Morgan fingerprint density at radius 3 is 2.34 bits per heavy atom. The summed E-state index contributed by atoms with van der Waals surface area (Å²) in [6.07, 6.45) is 4.58. The molecule has 0 aliphatic carbocycles. The highest BCUT2D eigenvalue weighted by Crippen LogP contribution is 2.32. The normalized spacial score (nSPS) is 15.5. The average Bonchev–Trinajstić information content (AvgIpc) is 2.75. The van der Waals surface area contributed by atoms with Crippen molar-refractivity contribution in [3.8, 4) is 0 Å². The molecule has 0 fully saturated rings. The van der Waals surface area contributed by atoms with Crippen molar-refractivity contribution in [2.24, 2.45) is 0 Å². The van der Waals surface area contributed by atoms with Crippen LogP contribution in [-0.2, 0) is 16.1 Å². The maximum Gasteiger partial charge on any atom is 0.336 e. The van der Waals surface area contributed by atoms with Gasteiger partial charge in [-0.05, 0) is 38.5 Å². The molecule has 1 unspecified atom stereocenters. The van der Waals surface area contributed by atoms with Gasteiger partial charge in [-0.25, -0.2) is 9.18 Å². The van der Waals surface area contributed by atoms with Crippen molar-refractivity contribution in [2.45, 2.75) is 61.2 Å². The van der Waals surface area contributed by atoms with E-state index in [1.54, 1.807) is 48.4 Å². The van der Waals surface area contributed by atoms with Gasteiger partial charge >= 0.3 is 5.97 Å². The van der Waals surface area contributed by atoms with Crippen molar-refractivity contribution in [3.63, 3.8) is 0 Å². The molecule has 0 radical (unpaired) electrons. The number of allylic oxidation sites excluding steroid dienone is 2. The Bertz CT molecular complexity index is 778. The van der Waals surface area contributed by atoms with Gasteiger partial charge in [-0.15, -0.1) is 0 Å². The molecular formula is C24H34FNO3. The smallest absolute Gasteiger partial charge is 0.336 e. The van der Waals surface area contributed by atoms with Crippen LogP contribution >= 0.6 is 0 Å². The summed E-state index contributed by atoms with van der Waals surface area (Å²) in [5.74, 6) is -1.33. The molecule has 29 heavy (non-hydrogen) atoms. The summed E-state index contributed by atoms with van der Waals surface area (Å²) in [7, 11) is 0. The van der Waals surface area contributed by atoms with E-state index in [0.29, 0.717) is 22.5 Å². The van der Waals surface area contributed by atoms with Crippen LogP contribution in [-0.4, -0.2) is 22.1 Å². The standard InChI is InChI=1S/C20H22FNO3.2C2H6/c1-5-16-11-17(20(23)24)13(3)19(22(16)6-2)14(4)25-12-15-9-7-8-10-18(15)21;2*1-2/h5-11,14H,2,12H2,1,3-4H3,(H,23,24);2*1-2H3/b16-5-;;. The fraction of sp³-hybridized carbons (Fsp3) is 0.375. The van der Waals surface area contributed by atoms with Crippen LogP contribution < -0.4 is 0 Å². The lowest BCUT2D eigenvalue weighted by Gasteiger charge is -2.34. The second kappa shape index (κ2) is 13.5. The number of rotatable bonds is 6. The first-order valence-electron chi connectivity index (χ1n) is 10.00. The Kier molecular flexibility index (Phi) is 12.3. The van der Waals surface area contributed by atoms with Crippen LogP contribution in [0.1, 0.15) is 54.0 Å². The summed E-state index contributed by atoms with van der Waals surface area (Å²) < 4.78 is 19.6. The molecule has 1 atom stereocenters. The summed E-state index contributed by atoms with van der Waals surface area (Å²) in [4.78, 5) is 13.3. The maximum absolute atomic E-state index is 13.8. The molecule has 1 aromatic rings. The number of aliphatic carboxylic acids is 1. The van der Waals surface area contributed by atoms with Gasteiger partial charge in [-0.3, -0.25) is 0 Å². The third-order valence-corrected chi connectivity index (χ3v) is 4.16. The van der Waals surface area contributed by atoms with Crippen LogP contribution in [0.5, 0.6) is 0 Å². The second-order valence-corrected chi connectivity index (χ2v) is 5.68. The molecule has 1 aromatic carbocycles. The first-order valence-corrected chi connectivity index (χ1v) is 10.00. The molecule has 0 aromatic heterocycles. The zero-order valence-corrected chi connectivity index (χ0v) is 18.6. The molecule has 1 aliphatic rings. The Morgan fingerprint density at radius 2 is 1.86 bits per heavy atom. The van der Waals surface area contributed by atoms with Crippen LogP contribution in [0.25, 0.3) is 0 Å². The minimum Gasteiger partial charge on any atom is -0.478 e. The Labute approximate surface area is 174 Å². The zero-order valence-electron chi connectivity index (χ0n) is 18.6. The molecule has 0 spiro atoms.